The lowest BCUT2D eigenvalue weighted by molar-refractivity contribution is 0.588. The molecular formula is C10H14FNO4S2. The van der Waals surface area contributed by atoms with Gasteiger partial charge in [0.2, 0.25) is 0 Å². The average molecular weight is 295 g/mol. The second-order valence-corrected chi connectivity index (χ2v) is 8.29. The molecule has 0 heterocycles. The molecular weight excluding hydrogens is 281 g/mol. The molecule has 1 rings (SSSR count). The van der Waals surface area contributed by atoms with Crippen LogP contribution in [0.3, 0.4) is 0 Å². The smallest absolute Gasteiger partial charge is 0.181 e. The summed E-state index contributed by atoms with van der Waals surface area (Å²) in [6.07, 6.45) is 0. The van der Waals surface area contributed by atoms with E-state index >= 15 is 0 Å². The molecule has 2 N–H and O–H groups in total. The van der Waals surface area contributed by atoms with Gasteiger partial charge in [-0.25, -0.2) is 21.2 Å². The molecule has 1 aromatic carbocycles. The molecule has 0 aromatic heterocycles. The number of sulfone groups is 2. The Labute approximate surface area is 106 Å². The molecule has 0 fully saturated rings. The van der Waals surface area contributed by atoms with Crippen LogP contribution in [0.1, 0.15) is 6.92 Å². The van der Waals surface area contributed by atoms with Gasteiger partial charge in [0.25, 0.3) is 0 Å². The highest BCUT2D eigenvalue weighted by Gasteiger charge is 2.21. The number of halogens is 1. The van der Waals surface area contributed by atoms with Crippen LogP contribution >= 0.6 is 0 Å². The predicted molar refractivity (Wildman–Crippen MR) is 67.2 cm³/mol. The van der Waals surface area contributed by atoms with E-state index in [4.69, 9.17) is 5.73 Å². The van der Waals surface area contributed by atoms with Gasteiger partial charge in [-0.2, -0.15) is 0 Å². The molecule has 0 saturated carbocycles. The number of hydrogen-bond acceptors (Lipinski definition) is 5. The van der Waals surface area contributed by atoms with Gasteiger partial charge in [0, 0.05) is 5.75 Å². The van der Waals surface area contributed by atoms with E-state index < -0.39 is 37.0 Å². The van der Waals surface area contributed by atoms with Gasteiger partial charge in [-0.15, -0.1) is 0 Å². The fourth-order valence-electron chi connectivity index (χ4n) is 1.29. The van der Waals surface area contributed by atoms with Gasteiger partial charge < -0.3 is 5.73 Å². The van der Waals surface area contributed by atoms with Crippen molar-refractivity contribution in [2.45, 2.75) is 11.8 Å². The van der Waals surface area contributed by atoms with E-state index in [1.807, 2.05) is 0 Å². The summed E-state index contributed by atoms with van der Waals surface area (Å²) in [4.78, 5) is -0.241. The molecule has 1 aromatic rings. The molecule has 0 aliphatic heterocycles. The minimum Gasteiger partial charge on any atom is -0.398 e. The lowest BCUT2D eigenvalue weighted by Crippen LogP contribution is -2.19. The maximum Gasteiger partial charge on any atom is 0.181 e. The number of nitrogens with two attached hydrogens (primary N) is 1. The molecule has 8 heteroatoms. The summed E-state index contributed by atoms with van der Waals surface area (Å²) in [6.45, 7) is 1.44. The Kier molecular flexibility index (Phi) is 4.33. The highest BCUT2D eigenvalue weighted by atomic mass is 32.2. The third-order valence-electron chi connectivity index (χ3n) is 2.41. The Hall–Kier alpha value is -1.15. The van der Waals surface area contributed by atoms with Crippen molar-refractivity contribution in [2.24, 2.45) is 0 Å². The van der Waals surface area contributed by atoms with E-state index in [9.17, 15) is 21.2 Å². The minimum absolute atomic E-state index is 0.124. The van der Waals surface area contributed by atoms with Crippen LogP contribution in [0.2, 0.25) is 0 Å². The van der Waals surface area contributed by atoms with Crippen LogP contribution < -0.4 is 5.73 Å². The van der Waals surface area contributed by atoms with Crippen LogP contribution in [0.15, 0.2) is 23.1 Å². The van der Waals surface area contributed by atoms with Gasteiger partial charge >= 0.3 is 0 Å². The third kappa shape index (κ3) is 3.67. The van der Waals surface area contributed by atoms with Gasteiger partial charge in [0.1, 0.15) is 5.82 Å². The fourth-order valence-corrected chi connectivity index (χ4v) is 4.39. The Morgan fingerprint density at radius 2 is 1.78 bits per heavy atom. The molecule has 0 aliphatic carbocycles. The Bertz CT molecular complexity index is 638. The van der Waals surface area contributed by atoms with Crippen LogP contribution in [-0.4, -0.2) is 34.1 Å². The van der Waals surface area contributed by atoms with Crippen molar-refractivity contribution < 1.29 is 21.2 Å². The van der Waals surface area contributed by atoms with Gasteiger partial charge in [-0.1, -0.05) is 6.92 Å². The topological polar surface area (TPSA) is 94.3 Å². The van der Waals surface area contributed by atoms with Crippen molar-refractivity contribution in [1.82, 2.24) is 0 Å². The predicted octanol–water partition coefficient (Wildman–Crippen LogP) is 0.616. The standard InChI is InChI=1S/C10H14FNO4S2/c1-2-17(13,14)5-6-18(15,16)10-4-3-8(11)7-9(10)12/h3-4,7H,2,5-6,12H2,1H3. The Morgan fingerprint density at radius 1 is 1.17 bits per heavy atom. The lowest BCUT2D eigenvalue weighted by atomic mass is 10.3. The normalized spacial score (nSPS) is 12.6. The number of hydrogen-bond donors (Lipinski definition) is 1. The van der Waals surface area contributed by atoms with Gasteiger partial charge in [-0.3, -0.25) is 0 Å². The molecule has 102 valence electrons. The van der Waals surface area contributed by atoms with Gasteiger partial charge in [0.15, 0.2) is 19.7 Å². The Balaban J connectivity index is 3.01. The zero-order chi connectivity index (χ0) is 14.0. The first kappa shape index (κ1) is 14.9. The van der Waals surface area contributed by atoms with Crippen molar-refractivity contribution in [1.29, 1.82) is 0 Å². The van der Waals surface area contributed by atoms with Crippen molar-refractivity contribution in [3.05, 3.63) is 24.0 Å². The molecule has 0 amide bonds. The Morgan fingerprint density at radius 3 is 2.28 bits per heavy atom. The summed E-state index contributed by atoms with van der Waals surface area (Å²) in [7, 11) is -7.20. The average Bonchev–Trinajstić information content (AvgIpc) is 2.26. The monoisotopic (exact) mass is 295 g/mol. The highest BCUT2D eigenvalue weighted by Crippen LogP contribution is 2.20. The largest absolute Gasteiger partial charge is 0.398 e. The van der Waals surface area contributed by atoms with Crippen molar-refractivity contribution in [3.8, 4) is 0 Å². The molecule has 0 aliphatic rings. The van der Waals surface area contributed by atoms with Crippen molar-refractivity contribution in [2.75, 3.05) is 23.0 Å². The van der Waals surface area contributed by atoms with E-state index in [1.165, 1.54) is 6.92 Å². The van der Waals surface area contributed by atoms with Crippen LogP contribution in [0, 0.1) is 5.82 Å². The maximum atomic E-state index is 12.8. The number of anilines is 1. The minimum atomic E-state index is -3.82. The SMILES string of the molecule is CCS(=O)(=O)CCS(=O)(=O)c1ccc(F)cc1N. The lowest BCUT2D eigenvalue weighted by Gasteiger charge is -2.07. The molecule has 0 saturated heterocycles. The van der Waals surface area contributed by atoms with Crippen molar-refractivity contribution >= 4 is 25.4 Å². The van der Waals surface area contributed by atoms with E-state index in [-0.39, 0.29) is 16.3 Å². The van der Waals surface area contributed by atoms with Crippen LogP contribution in [-0.2, 0) is 19.7 Å². The van der Waals surface area contributed by atoms with E-state index in [2.05, 4.69) is 0 Å². The molecule has 0 spiro atoms. The number of nitrogen functional groups attached to an aromatic ring is 1. The summed E-state index contributed by atoms with van der Waals surface area (Å²) in [6, 6.07) is 2.90. The first-order valence-electron chi connectivity index (χ1n) is 5.16. The van der Waals surface area contributed by atoms with E-state index in [0.29, 0.717) is 0 Å². The number of rotatable bonds is 5. The first-order chi connectivity index (χ1) is 8.18. The van der Waals surface area contributed by atoms with Gasteiger partial charge in [-0.05, 0) is 18.2 Å². The first-order valence-corrected chi connectivity index (χ1v) is 8.63. The second kappa shape index (κ2) is 5.23. The second-order valence-electron chi connectivity index (χ2n) is 3.74. The molecule has 0 radical (unpaired) electrons. The summed E-state index contributed by atoms with van der Waals surface area (Å²) in [5.41, 5.74) is 5.19. The number of benzene rings is 1. The van der Waals surface area contributed by atoms with Gasteiger partial charge in [0.05, 0.1) is 22.1 Å². The molecule has 0 bridgehead atoms. The quantitative estimate of drug-likeness (QED) is 0.634. The molecule has 0 unspecified atom stereocenters. The fraction of sp³-hybridized carbons (Fsp3) is 0.400. The molecule has 5 nitrogen and oxygen atoms in total. The van der Waals surface area contributed by atoms with Crippen LogP contribution in [0.4, 0.5) is 10.1 Å². The molecule has 0 atom stereocenters. The zero-order valence-electron chi connectivity index (χ0n) is 9.76. The van der Waals surface area contributed by atoms with Crippen LogP contribution in [0.25, 0.3) is 0 Å². The highest BCUT2D eigenvalue weighted by molar-refractivity contribution is 7.95. The zero-order valence-corrected chi connectivity index (χ0v) is 11.4. The summed E-state index contributed by atoms with van der Waals surface area (Å²) < 4.78 is 59.0. The summed E-state index contributed by atoms with van der Waals surface area (Å²) >= 11 is 0. The maximum absolute atomic E-state index is 12.8. The molecule has 18 heavy (non-hydrogen) atoms. The summed E-state index contributed by atoms with van der Waals surface area (Å²) in [5, 5.41) is 0. The van der Waals surface area contributed by atoms with E-state index in [0.717, 1.165) is 18.2 Å². The van der Waals surface area contributed by atoms with Crippen molar-refractivity contribution in [3.63, 3.8) is 0 Å². The summed E-state index contributed by atoms with van der Waals surface area (Å²) in [5.74, 6) is -1.80. The third-order valence-corrected chi connectivity index (χ3v) is 6.16. The van der Waals surface area contributed by atoms with E-state index in [1.54, 1.807) is 0 Å². The van der Waals surface area contributed by atoms with Crippen LogP contribution in [0.5, 0.6) is 0 Å².